The van der Waals surface area contributed by atoms with Gasteiger partial charge in [0.25, 0.3) is 0 Å². The number of rotatable bonds is 6. The maximum absolute atomic E-state index is 12.9. The lowest BCUT2D eigenvalue weighted by molar-refractivity contribution is -0.138. The highest BCUT2D eigenvalue weighted by Gasteiger charge is 2.16. The Kier molecular flexibility index (Phi) is 4.39. The van der Waals surface area contributed by atoms with E-state index >= 15 is 0 Å². The lowest BCUT2D eigenvalue weighted by Gasteiger charge is -2.13. The highest BCUT2D eigenvalue weighted by Crippen LogP contribution is 2.19. The molecule has 1 aromatic heterocycles. The standard InChI is InChI=1S/C13H15FN4O2/c1-2-9(7-12(19)20)8-18-13(15-16-17-18)10-3-5-11(14)6-4-10/h3-6,9H,2,7-8H2,1H3,(H,19,20). The van der Waals surface area contributed by atoms with Gasteiger partial charge in [0.15, 0.2) is 5.82 Å². The van der Waals surface area contributed by atoms with Crippen molar-refractivity contribution in [2.45, 2.75) is 26.3 Å². The lowest BCUT2D eigenvalue weighted by Crippen LogP contribution is -2.16. The molecule has 0 radical (unpaired) electrons. The van der Waals surface area contributed by atoms with Gasteiger partial charge in [-0.2, -0.15) is 0 Å². The van der Waals surface area contributed by atoms with Crippen molar-refractivity contribution in [1.29, 1.82) is 0 Å². The van der Waals surface area contributed by atoms with Crippen LogP contribution in [0.4, 0.5) is 4.39 Å². The molecule has 0 fully saturated rings. The van der Waals surface area contributed by atoms with Gasteiger partial charge in [-0.15, -0.1) is 5.10 Å². The molecule has 0 saturated carbocycles. The molecule has 106 valence electrons. The van der Waals surface area contributed by atoms with Crippen LogP contribution in [0.15, 0.2) is 24.3 Å². The molecule has 6 nitrogen and oxygen atoms in total. The summed E-state index contributed by atoms with van der Waals surface area (Å²) in [5, 5.41) is 20.3. The van der Waals surface area contributed by atoms with Crippen LogP contribution in [0, 0.1) is 11.7 Å². The zero-order chi connectivity index (χ0) is 14.5. The lowest BCUT2D eigenvalue weighted by atomic mass is 10.0. The summed E-state index contributed by atoms with van der Waals surface area (Å²) in [6.45, 7) is 2.35. The third-order valence-corrected chi connectivity index (χ3v) is 3.11. The summed E-state index contributed by atoms with van der Waals surface area (Å²) in [7, 11) is 0. The Hall–Kier alpha value is -2.31. The SMILES string of the molecule is CCC(CC(=O)O)Cn1nnnc1-c1ccc(F)cc1. The normalized spacial score (nSPS) is 12.3. The van der Waals surface area contributed by atoms with Crippen LogP contribution in [0.3, 0.4) is 0 Å². The Morgan fingerprint density at radius 2 is 2.10 bits per heavy atom. The number of nitrogens with zero attached hydrogens (tertiary/aromatic N) is 4. The van der Waals surface area contributed by atoms with E-state index in [1.165, 1.54) is 12.1 Å². The first-order valence-electron chi connectivity index (χ1n) is 6.34. The van der Waals surface area contributed by atoms with E-state index in [4.69, 9.17) is 5.11 Å². The summed E-state index contributed by atoms with van der Waals surface area (Å²) < 4.78 is 14.5. The zero-order valence-electron chi connectivity index (χ0n) is 11.0. The molecular weight excluding hydrogens is 263 g/mol. The van der Waals surface area contributed by atoms with Gasteiger partial charge >= 0.3 is 5.97 Å². The number of carbonyl (C=O) groups is 1. The third kappa shape index (κ3) is 3.37. The molecule has 0 amide bonds. The van der Waals surface area contributed by atoms with Gasteiger partial charge in [0.1, 0.15) is 5.82 Å². The van der Waals surface area contributed by atoms with Gasteiger partial charge in [-0.1, -0.05) is 13.3 Å². The van der Waals surface area contributed by atoms with E-state index in [0.29, 0.717) is 17.9 Å². The summed E-state index contributed by atoms with van der Waals surface area (Å²) in [5.74, 6) is -0.706. The number of carboxylic acids is 1. The monoisotopic (exact) mass is 278 g/mol. The van der Waals surface area contributed by atoms with Crippen molar-refractivity contribution in [2.75, 3.05) is 0 Å². The number of carboxylic acid groups (broad SMARTS) is 1. The first-order chi connectivity index (χ1) is 9.60. The molecule has 0 spiro atoms. The Labute approximate surface area is 115 Å². The molecule has 1 aromatic carbocycles. The van der Waals surface area contributed by atoms with E-state index in [-0.39, 0.29) is 18.2 Å². The van der Waals surface area contributed by atoms with E-state index in [1.807, 2.05) is 6.92 Å². The van der Waals surface area contributed by atoms with E-state index in [0.717, 1.165) is 6.42 Å². The maximum atomic E-state index is 12.9. The van der Waals surface area contributed by atoms with Crippen molar-refractivity contribution < 1.29 is 14.3 Å². The first-order valence-corrected chi connectivity index (χ1v) is 6.34. The maximum Gasteiger partial charge on any atom is 0.303 e. The van der Waals surface area contributed by atoms with Crippen LogP contribution in [-0.2, 0) is 11.3 Å². The minimum atomic E-state index is -0.840. The van der Waals surface area contributed by atoms with E-state index in [9.17, 15) is 9.18 Å². The van der Waals surface area contributed by atoms with Gasteiger partial charge < -0.3 is 5.11 Å². The molecule has 0 aliphatic rings. The van der Waals surface area contributed by atoms with Crippen molar-refractivity contribution in [3.05, 3.63) is 30.1 Å². The van der Waals surface area contributed by atoms with Crippen LogP contribution in [0.2, 0.25) is 0 Å². The smallest absolute Gasteiger partial charge is 0.303 e. The quantitative estimate of drug-likeness (QED) is 0.873. The molecule has 1 N–H and O–H groups in total. The Morgan fingerprint density at radius 3 is 2.70 bits per heavy atom. The summed E-state index contributed by atoms with van der Waals surface area (Å²) >= 11 is 0. The number of aromatic nitrogens is 4. The molecule has 0 aliphatic heterocycles. The molecule has 1 unspecified atom stereocenters. The fourth-order valence-electron chi connectivity index (χ4n) is 1.96. The minimum absolute atomic E-state index is 0.0461. The second kappa shape index (κ2) is 6.23. The van der Waals surface area contributed by atoms with E-state index in [2.05, 4.69) is 15.5 Å². The Bertz CT molecular complexity index is 582. The Balaban J connectivity index is 2.19. The fraction of sp³-hybridized carbons (Fsp3) is 0.385. The molecular formula is C13H15FN4O2. The van der Waals surface area contributed by atoms with Crippen LogP contribution < -0.4 is 0 Å². The molecule has 0 bridgehead atoms. The molecule has 0 saturated heterocycles. The van der Waals surface area contributed by atoms with Gasteiger partial charge in [-0.05, 0) is 40.6 Å². The summed E-state index contributed by atoms with van der Waals surface area (Å²) in [5.41, 5.74) is 0.696. The molecule has 7 heteroatoms. The van der Waals surface area contributed by atoms with Crippen molar-refractivity contribution in [3.63, 3.8) is 0 Å². The van der Waals surface area contributed by atoms with Gasteiger partial charge in [0, 0.05) is 18.5 Å². The van der Waals surface area contributed by atoms with Crippen LogP contribution >= 0.6 is 0 Å². The number of benzene rings is 1. The van der Waals surface area contributed by atoms with Crippen LogP contribution in [0.5, 0.6) is 0 Å². The van der Waals surface area contributed by atoms with Gasteiger partial charge in [-0.3, -0.25) is 4.79 Å². The Morgan fingerprint density at radius 1 is 1.40 bits per heavy atom. The van der Waals surface area contributed by atoms with Crippen LogP contribution in [0.25, 0.3) is 11.4 Å². The molecule has 1 atom stereocenters. The topological polar surface area (TPSA) is 80.9 Å². The predicted octanol–water partition coefficient (Wildman–Crippen LogP) is 1.98. The molecule has 20 heavy (non-hydrogen) atoms. The van der Waals surface area contributed by atoms with Gasteiger partial charge in [0.05, 0.1) is 0 Å². The molecule has 2 rings (SSSR count). The first kappa shape index (κ1) is 14.1. The fourth-order valence-corrected chi connectivity index (χ4v) is 1.96. The summed E-state index contributed by atoms with van der Waals surface area (Å²) in [6, 6.07) is 5.86. The van der Waals surface area contributed by atoms with Crippen molar-refractivity contribution in [2.24, 2.45) is 5.92 Å². The number of hydrogen-bond donors (Lipinski definition) is 1. The average molecular weight is 278 g/mol. The average Bonchev–Trinajstić information content (AvgIpc) is 2.86. The molecule has 1 heterocycles. The second-order valence-electron chi connectivity index (χ2n) is 4.56. The van der Waals surface area contributed by atoms with Crippen molar-refractivity contribution in [1.82, 2.24) is 20.2 Å². The highest BCUT2D eigenvalue weighted by atomic mass is 19.1. The van der Waals surface area contributed by atoms with E-state index in [1.54, 1.807) is 16.8 Å². The van der Waals surface area contributed by atoms with Crippen LogP contribution in [-0.4, -0.2) is 31.3 Å². The number of halogens is 1. The third-order valence-electron chi connectivity index (χ3n) is 3.11. The van der Waals surface area contributed by atoms with Crippen molar-refractivity contribution in [3.8, 4) is 11.4 Å². The predicted molar refractivity (Wildman–Crippen MR) is 69.2 cm³/mol. The largest absolute Gasteiger partial charge is 0.481 e. The highest BCUT2D eigenvalue weighted by molar-refractivity contribution is 5.67. The molecule has 0 aliphatic carbocycles. The number of hydrogen-bond acceptors (Lipinski definition) is 4. The summed E-state index contributed by atoms with van der Waals surface area (Å²) in [4.78, 5) is 10.8. The second-order valence-corrected chi connectivity index (χ2v) is 4.56. The summed E-state index contributed by atoms with van der Waals surface area (Å²) in [6.07, 6.45) is 0.786. The van der Waals surface area contributed by atoms with Crippen LogP contribution in [0.1, 0.15) is 19.8 Å². The molecule has 2 aromatic rings. The number of aliphatic carboxylic acids is 1. The zero-order valence-corrected chi connectivity index (χ0v) is 11.0. The number of tetrazole rings is 1. The van der Waals surface area contributed by atoms with E-state index < -0.39 is 5.97 Å². The van der Waals surface area contributed by atoms with Crippen molar-refractivity contribution >= 4 is 5.97 Å². The van der Waals surface area contributed by atoms with Gasteiger partial charge in [0.2, 0.25) is 0 Å². The minimum Gasteiger partial charge on any atom is -0.481 e. The van der Waals surface area contributed by atoms with Gasteiger partial charge in [-0.25, -0.2) is 9.07 Å².